The highest BCUT2D eigenvalue weighted by atomic mass is 16.2. The molecule has 0 aromatic heterocycles. The number of rotatable bonds is 4. The summed E-state index contributed by atoms with van der Waals surface area (Å²) in [6, 6.07) is 0. The highest BCUT2D eigenvalue weighted by Gasteiger charge is 2.42. The van der Waals surface area contributed by atoms with Crippen LogP contribution in [-0.4, -0.2) is 19.0 Å². The smallest absolute Gasteiger partial charge is 0.227 e. The Balaban J connectivity index is 2.38. The second kappa shape index (κ2) is 4.60. The first-order chi connectivity index (χ1) is 6.60. The molecule has 1 aliphatic carbocycles. The monoisotopic (exact) mass is 196 g/mol. The number of hydrogen-bond acceptors (Lipinski definition) is 2. The third-order valence-corrected chi connectivity index (χ3v) is 2.96. The maximum atomic E-state index is 11.7. The summed E-state index contributed by atoms with van der Waals surface area (Å²) in [4.78, 5) is 11.7. The first-order valence-corrected chi connectivity index (χ1v) is 5.22. The van der Waals surface area contributed by atoms with Gasteiger partial charge in [-0.25, -0.2) is 0 Å². The Bertz CT molecular complexity index is 232. The molecule has 3 nitrogen and oxygen atoms in total. The van der Waals surface area contributed by atoms with Gasteiger partial charge in [-0.1, -0.05) is 18.1 Å². The molecule has 3 heteroatoms. The summed E-state index contributed by atoms with van der Waals surface area (Å²) in [7, 11) is 0. The minimum Gasteiger partial charge on any atom is -0.352 e. The third-order valence-electron chi connectivity index (χ3n) is 2.96. The van der Waals surface area contributed by atoms with E-state index < -0.39 is 0 Å². The van der Waals surface area contributed by atoms with E-state index in [2.05, 4.69) is 5.32 Å². The van der Waals surface area contributed by atoms with Gasteiger partial charge in [0.25, 0.3) is 0 Å². The standard InChI is InChI=1S/C11H20N2O/c1-9(2)4-7-13-10(14)11(8-12)5-3-6-11/h4H,3,5-8,12H2,1-2H3,(H,13,14). The van der Waals surface area contributed by atoms with Gasteiger partial charge >= 0.3 is 0 Å². The molecule has 0 bridgehead atoms. The lowest BCUT2D eigenvalue weighted by Crippen LogP contribution is -2.50. The average Bonchev–Trinajstić information content (AvgIpc) is 2.02. The first-order valence-electron chi connectivity index (χ1n) is 5.22. The van der Waals surface area contributed by atoms with E-state index >= 15 is 0 Å². The van der Waals surface area contributed by atoms with Gasteiger partial charge < -0.3 is 11.1 Å². The van der Waals surface area contributed by atoms with E-state index in [0.29, 0.717) is 13.1 Å². The van der Waals surface area contributed by atoms with Crippen LogP contribution < -0.4 is 11.1 Å². The second-order valence-corrected chi connectivity index (χ2v) is 4.33. The Morgan fingerprint density at radius 3 is 2.50 bits per heavy atom. The molecule has 0 heterocycles. The first kappa shape index (κ1) is 11.2. The van der Waals surface area contributed by atoms with Crippen LogP contribution in [0.1, 0.15) is 33.1 Å². The van der Waals surface area contributed by atoms with Gasteiger partial charge in [-0.05, 0) is 26.7 Å². The predicted octanol–water partition coefficient (Wildman–Crippen LogP) is 1.20. The van der Waals surface area contributed by atoms with Crippen molar-refractivity contribution in [1.29, 1.82) is 0 Å². The number of carbonyl (C=O) groups excluding carboxylic acids is 1. The van der Waals surface area contributed by atoms with Crippen molar-refractivity contribution in [3.05, 3.63) is 11.6 Å². The molecule has 0 spiro atoms. The van der Waals surface area contributed by atoms with Gasteiger partial charge in [-0.3, -0.25) is 4.79 Å². The van der Waals surface area contributed by atoms with Gasteiger partial charge in [0, 0.05) is 13.1 Å². The maximum Gasteiger partial charge on any atom is 0.227 e. The van der Waals surface area contributed by atoms with Crippen molar-refractivity contribution < 1.29 is 4.79 Å². The van der Waals surface area contributed by atoms with Crippen molar-refractivity contribution in [2.45, 2.75) is 33.1 Å². The highest BCUT2D eigenvalue weighted by molar-refractivity contribution is 5.83. The molecule has 80 valence electrons. The van der Waals surface area contributed by atoms with Crippen LogP contribution in [0.2, 0.25) is 0 Å². The van der Waals surface area contributed by atoms with Crippen LogP contribution in [-0.2, 0) is 4.79 Å². The molecule has 1 aliphatic rings. The Morgan fingerprint density at radius 1 is 1.50 bits per heavy atom. The molecule has 3 N–H and O–H groups in total. The van der Waals surface area contributed by atoms with Crippen molar-refractivity contribution in [3.63, 3.8) is 0 Å². The van der Waals surface area contributed by atoms with E-state index in [1.807, 2.05) is 19.9 Å². The maximum absolute atomic E-state index is 11.7. The van der Waals surface area contributed by atoms with Gasteiger partial charge in [0.1, 0.15) is 0 Å². The fraction of sp³-hybridized carbons (Fsp3) is 0.727. The van der Waals surface area contributed by atoms with E-state index in [9.17, 15) is 4.79 Å². The molecule has 0 unspecified atom stereocenters. The molecular weight excluding hydrogens is 176 g/mol. The van der Waals surface area contributed by atoms with Crippen molar-refractivity contribution in [2.75, 3.05) is 13.1 Å². The molecule has 0 aromatic rings. The number of amides is 1. The lowest BCUT2D eigenvalue weighted by atomic mass is 9.68. The van der Waals surface area contributed by atoms with Crippen LogP contribution in [0, 0.1) is 5.41 Å². The number of nitrogens with one attached hydrogen (secondary N) is 1. The van der Waals surface area contributed by atoms with Crippen molar-refractivity contribution in [2.24, 2.45) is 11.1 Å². The van der Waals surface area contributed by atoms with E-state index in [0.717, 1.165) is 19.3 Å². The quantitative estimate of drug-likeness (QED) is 0.664. The van der Waals surface area contributed by atoms with Crippen molar-refractivity contribution >= 4 is 5.91 Å². The predicted molar refractivity (Wildman–Crippen MR) is 57.8 cm³/mol. The Kier molecular flexibility index (Phi) is 3.69. The summed E-state index contributed by atoms with van der Waals surface area (Å²) in [5, 5.41) is 2.91. The van der Waals surface area contributed by atoms with Crippen LogP contribution in [0.3, 0.4) is 0 Å². The fourth-order valence-electron chi connectivity index (χ4n) is 1.66. The summed E-state index contributed by atoms with van der Waals surface area (Å²) < 4.78 is 0. The number of hydrogen-bond donors (Lipinski definition) is 2. The van der Waals surface area contributed by atoms with Gasteiger partial charge in [0.15, 0.2) is 0 Å². The van der Waals surface area contributed by atoms with Crippen LogP contribution >= 0.6 is 0 Å². The van der Waals surface area contributed by atoms with Crippen LogP contribution in [0.4, 0.5) is 0 Å². The SMILES string of the molecule is CC(C)=CCNC(=O)C1(CN)CCC1. The normalized spacial score (nSPS) is 18.2. The van der Waals surface area contributed by atoms with Crippen molar-refractivity contribution in [1.82, 2.24) is 5.32 Å². The van der Waals surface area contributed by atoms with Gasteiger partial charge in [-0.2, -0.15) is 0 Å². The zero-order valence-electron chi connectivity index (χ0n) is 9.10. The Hall–Kier alpha value is -0.830. The molecular formula is C11H20N2O. The van der Waals surface area contributed by atoms with Crippen LogP contribution in [0.5, 0.6) is 0 Å². The van der Waals surface area contributed by atoms with Crippen LogP contribution in [0.25, 0.3) is 0 Å². The molecule has 0 aliphatic heterocycles. The molecule has 0 saturated heterocycles. The highest BCUT2D eigenvalue weighted by Crippen LogP contribution is 2.39. The summed E-state index contributed by atoms with van der Waals surface area (Å²) >= 11 is 0. The molecule has 0 atom stereocenters. The van der Waals surface area contributed by atoms with Crippen molar-refractivity contribution in [3.8, 4) is 0 Å². The minimum absolute atomic E-state index is 0.128. The van der Waals surface area contributed by atoms with Crippen LogP contribution in [0.15, 0.2) is 11.6 Å². The molecule has 14 heavy (non-hydrogen) atoms. The summed E-state index contributed by atoms with van der Waals surface area (Å²) in [6.45, 7) is 5.15. The average molecular weight is 196 g/mol. The summed E-state index contributed by atoms with van der Waals surface area (Å²) in [5.74, 6) is 0.128. The van der Waals surface area contributed by atoms with E-state index in [4.69, 9.17) is 5.73 Å². The van der Waals surface area contributed by atoms with Gasteiger partial charge in [-0.15, -0.1) is 0 Å². The summed E-state index contributed by atoms with van der Waals surface area (Å²) in [5.41, 5.74) is 6.61. The zero-order chi connectivity index (χ0) is 10.6. The Labute approximate surface area is 85.7 Å². The topological polar surface area (TPSA) is 55.1 Å². The van der Waals surface area contributed by atoms with Gasteiger partial charge in [0.05, 0.1) is 5.41 Å². The fourth-order valence-corrected chi connectivity index (χ4v) is 1.66. The molecule has 0 aromatic carbocycles. The van der Waals surface area contributed by atoms with Gasteiger partial charge in [0.2, 0.25) is 5.91 Å². The second-order valence-electron chi connectivity index (χ2n) is 4.33. The zero-order valence-corrected chi connectivity index (χ0v) is 9.10. The number of carbonyl (C=O) groups is 1. The molecule has 1 rings (SSSR count). The minimum atomic E-state index is -0.241. The largest absolute Gasteiger partial charge is 0.352 e. The van der Waals surface area contributed by atoms with E-state index in [1.165, 1.54) is 5.57 Å². The van der Waals surface area contributed by atoms with E-state index in [1.54, 1.807) is 0 Å². The third kappa shape index (κ3) is 2.35. The molecule has 1 saturated carbocycles. The number of allylic oxidation sites excluding steroid dienone is 1. The summed E-state index contributed by atoms with van der Waals surface area (Å²) in [6.07, 6.45) is 5.04. The molecule has 0 radical (unpaired) electrons. The number of nitrogens with two attached hydrogens (primary N) is 1. The molecule has 1 fully saturated rings. The lowest BCUT2D eigenvalue weighted by Gasteiger charge is -2.38. The molecule has 1 amide bonds. The van der Waals surface area contributed by atoms with E-state index in [-0.39, 0.29) is 11.3 Å². The lowest BCUT2D eigenvalue weighted by molar-refractivity contribution is -0.134. The Morgan fingerprint density at radius 2 is 2.14 bits per heavy atom.